The molecule has 1 N–H and O–H groups in total. The van der Waals surface area contributed by atoms with Crippen molar-refractivity contribution in [1.29, 1.82) is 0 Å². The first-order chi connectivity index (χ1) is 15.2. The van der Waals surface area contributed by atoms with Gasteiger partial charge in [-0.05, 0) is 85.1 Å². The molecule has 1 unspecified atom stereocenters. The third-order valence-electron chi connectivity index (χ3n) is 6.17. The average Bonchev–Trinajstić information content (AvgIpc) is 3.33. The molecule has 0 radical (unpaired) electrons. The van der Waals surface area contributed by atoms with Crippen LogP contribution in [-0.2, 0) is 0 Å². The van der Waals surface area contributed by atoms with Crippen LogP contribution in [0.15, 0.2) is 66.9 Å². The van der Waals surface area contributed by atoms with Crippen molar-refractivity contribution in [3.63, 3.8) is 0 Å². The first-order valence-electron chi connectivity index (χ1n) is 10.7. The van der Waals surface area contributed by atoms with Gasteiger partial charge in [0, 0.05) is 5.02 Å². The first kappa shape index (κ1) is 20.0. The third kappa shape index (κ3) is 4.29. The van der Waals surface area contributed by atoms with Crippen LogP contribution in [0, 0.1) is 0 Å². The van der Waals surface area contributed by atoms with Gasteiger partial charge in [0.05, 0.1) is 6.20 Å². The molecule has 0 saturated carbocycles. The molecule has 5 rings (SSSR count). The maximum absolute atomic E-state index is 6.48. The molecule has 3 aromatic carbocycles. The lowest BCUT2D eigenvalue weighted by atomic mass is 9.86. The van der Waals surface area contributed by atoms with Crippen LogP contribution in [0.25, 0.3) is 10.8 Å². The molecule has 5 nitrogen and oxygen atoms in total. The van der Waals surface area contributed by atoms with Gasteiger partial charge in [-0.2, -0.15) is 15.4 Å². The summed E-state index contributed by atoms with van der Waals surface area (Å²) in [4.78, 5) is 2.41. The maximum Gasteiger partial charge on any atom is 0.169 e. The number of rotatable bonds is 5. The molecule has 6 heteroatoms. The highest BCUT2D eigenvalue weighted by Crippen LogP contribution is 2.36. The number of hydrogen-bond acceptors (Lipinski definition) is 4. The molecule has 158 valence electrons. The second kappa shape index (κ2) is 8.69. The number of ether oxygens (including phenoxy) is 1. The van der Waals surface area contributed by atoms with Gasteiger partial charge < -0.3 is 9.64 Å². The standard InChI is InChI=1S/C25H25ClN4O/c1-30-13-11-18(12-14-30)22-4-2-3-17-7-10-21(15-23(17)22)31-25(24-16-27-29-28-24)19-5-8-20(26)9-6-19/h2-10,15-16,18,25H,11-14H2,1H3,(H,27,28,29). The summed E-state index contributed by atoms with van der Waals surface area (Å²) in [6.45, 7) is 2.28. The predicted molar refractivity (Wildman–Crippen MR) is 124 cm³/mol. The molecule has 4 aromatic rings. The Morgan fingerprint density at radius 2 is 1.87 bits per heavy atom. The first-order valence-corrected chi connectivity index (χ1v) is 11.0. The fourth-order valence-electron chi connectivity index (χ4n) is 4.43. The number of aromatic amines is 1. The number of nitrogens with one attached hydrogen (secondary N) is 1. The highest BCUT2D eigenvalue weighted by Gasteiger charge is 2.22. The maximum atomic E-state index is 6.48. The van der Waals surface area contributed by atoms with Gasteiger partial charge in [-0.3, -0.25) is 0 Å². The monoisotopic (exact) mass is 432 g/mol. The molecular formula is C25H25ClN4O. The van der Waals surface area contributed by atoms with E-state index in [1.54, 1.807) is 6.20 Å². The molecule has 2 heterocycles. The van der Waals surface area contributed by atoms with E-state index in [-0.39, 0.29) is 6.10 Å². The van der Waals surface area contributed by atoms with Crippen LogP contribution in [0.5, 0.6) is 5.75 Å². The number of aromatic nitrogens is 3. The second-order valence-corrected chi connectivity index (χ2v) is 8.69. The lowest BCUT2D eigenvalue weighted by Gasteiger charge is -2.30. The number of hydrogen-bond donors (Lipinski definition) is 1. The summed E-state index contributed by atoms with van der Waals surface area (Å²) in [5, 5.41) is 14.1. The summed E-state index contributed by atoms with van der Waals surface area (Å²) in [6.07, 6.45) is 3.70. The molecule has 0 amide bonds. The van der Waals surface area contributed by atoms with Crippen molar-refractivity contribution < 1.29 is 4.74 Å². The lowest BCUT2D eigenvalue weighted by molar-refractivity contribution is 0.242. The highest BCUT2D eigenvalue weighted by molar-refractivity contribution is 6.30. The van der Waals surface area contributed by atoms with Gasteiger partial charge in [0.2, 0.25) is 0 Å². The molecule has 1 aliphatic rings. The lowest BCUT2D eigenvalue weighted by Crippen LogP contribution is -2.29. The minimum atomic E-state index is -0.371. The van der Waals surface area contributed by atoms with Gasteiger partial charge >= 0.3 is 0 Å². The molecular weight excluding hydrogens is 408 g/mol. The third-order valence-corrected chi connectivity index (χ3v) is 6.43. The van der Waals surface area contributed by atoms with Gasteiger partial charge in [0.15, 0.2) is 6.10 Å². The number of likely N-dealkylation sites (tertiary alicyclic amines) is 1. The fraction of sp³-hybridized carbons (Fsp3) is 0.280. The Hall–Kier alpha value is -2.89. The van der Waals surface area contributed by atoms with E-state index in [0.717, 1.165) is 30.1 Å². The van der Waals surface area contributed by atoms with Crippen molar-refractivity contribution in [2.75, 3.05) is 20.1 Å². The Morgan fingerprint density at radius 3 is 2.61 bits per heavy atom. The minimum Gasteiger partial charge on any atom is -0.479 e. The topological polar surface area (TPSA) is 54.0 Å². The molecule has 1 aliphatic heterocycles. The van der Waals surface area contributed by atoms with Crippen molar-refractivity contribution >= 4 is 22.4 Å². The Balaban J connectivity index is 1.50. The van der Waals surface area contributed by atoms with E-state index < -0.39 is 0 Å². The van der Waals surface area contributed by atoms with Crippen LogP contribution in [0.4, 0.5) is 0 Å². The molecule has 0 bridgehead atoms. The predicted octanol–water partition coefficient (Wildman–Crippen LogP) is 5.59. The molecule has 1 atom stereocenters. The fourth-order valence-corrected chi connectivity index (χ4v) is 4.56. The molecule has 1 fully saturated rings. The Labute approximate surface area is 187 Å². The van der Waals surface area contributed by atoms with Gasteiger partial charge in [0.1, 0.15) is 11.4 Å². The van der Waals surface area contributed by atoms with E-state index in [4.69, 9.17) is 16.3 Å². The number of piperidine rings is 1. The summed E-state index contributed by atoms with van der Waals surface area (Å²) in [5.74, 6) is 1.40. The zero-order valence-corrected chi connectivity index (χ0v) is 18.2. The van der Waals surface area contributed by atoms with Crippen molar-refractivity contribution in [1.82, 2.24) is 20.3 Å². The Bertz CT molecular complexity index is 1150. The summed E-state index contributed by atoms with van der Waals surface area (Å²) >= 11 is 6.09. The van der Waals surface area contributed by atoms with Crippen molar-refractivity contribution in [3.8, 4) is 5.75 Å². The molecule has 31 heavy (non-hydrogen) atoms. The zero-order valence-electron chi connectivity index (χ0n) is 17.5. The molecule has 0 aliphatic carbocycles. The number of nitrogens with zero attached hydrogens (tertiary/aromatic N) is 3. The van der Waals surface area contributed by atoms with E-state index in [2.05, 4.69) is 57.7 Å². The van der Waals surface area contributed by atoms with Crippen molar-refractivity contribution in [2.24, 2.45) is 0 Å². The minimum absolute atomic E-state index is 0.371. The zero-order chi connectivity index (χ0) is 21.2. The average molecular weight is 433 g/mol. The Morgan fingerprint density at radius 1 is 1.06 bits per heavy atom. The van der Waals surface area contributed by atoms with Crippen LogP contribution in [0.3, 0.4) is 0 Å². The van der Waals surface area contributed by atoms with Gasteiger partial charge in [-0.15, -0.1) is 0 Å². The molecule has 1 aromatic heterocycles. The van der Waals surface area contributed by atoms with E-state index in [9.17, 15) is 0 Å². The number of fused-ring (bicyclic) bond motifs is 1. The highest BCUT2D eigenvalue weighted by atomic mass is 35.5. The van der Waals surface area contributed by atoms with Gasteiger partial charge in [-0.25, -0.2) is 0 Å². The summed E-state index contributed by atoms with van der Waals surface area (Å²) in [6, 6.07) is 20.6. The van der Waals surface area contributed by atoms with E-state index in [1.165, 1.54) is 29.2 Å². The van der Waals surface area contributed by atoms with Crippen LogP contribution < -0.4 is 4.74 Å². The largest absolute Gasteiger partial charge is 0.479 e. The van der Waals surface area contributed by atoms with Crippen molar-refractivity contribution in [3.05, 3.63) is 88.7 Å². The van der Waals surface area contributed by atoms with Crippen LogP contribution >= 0.6 is 11.6 Å². The summed E-state index contributed by atoms with van der Waals surface area (Å²) < 4.78 is 6.48. The van der Waals surface area contributed by atoms with E-state index >= 15 is 0 Å². The van der Waals surface area contributed by atoms with Crippen LogP contribution in [0.1, 0.15) is 41.7 Å². The molecule has 1 saturated heterocycles. The number of halogens is 1. The summed E-state index contributed by atoms with van der Waals surface area (Å²) in [7, 11) is 2.20. The SMILES string of the molecule is CN1CCC(c2cccc3ccc(OC(c4ccc(Cl)cc4)c4cn[nH]n4)cc23)CC1. The van der Waals surface area contributed by atoms with Crippen LogP contribution in [-0.4, -0.2) is 40.4 Å². The number of H-pyrrole nitrogens is 1. The Kier molecular flexibility index (Phi) is 5.62. The smallest absolute Gasteiger partial charge is 0.169 e. The van der Waals surface area contributed by atoms with Crippen LogP contribution in [0.2, 0.25) is 5.02 Å². The number of benzene rings is 3. The van der Waals surface area contributed by atoms with E-state index in [0.29, 0.717) is 10.9 Å². The summed E-state index contributed by atoms with van der Waals surface area (Å²) in [5.41, 5.74) is 3.12. The molecule has 0 spiro atoms. The van der Waals surface area contributed by atoms with E-state index in [1.807, 2.05) is 30.3 Å². The van der Waals surface area contributed by atoms with Gasteiger partial charge in [-0.1, -0.05) is 48.0 Å². The normalized spacial score (nSPS) is 16.5. The van der Waals surface area contributed by atoms with Crippen molar-refractivity contribution in [2.45, 2.75) is 24.9 Å². The quantitative estimate of drug-likeness (QED) is 0.446. The second-order valence-electron chi connectivity index (χ2n) is 8.25. The van der Waals surface area contributed by atoms with Gasteiger partial charge in [0.25, 0.3) is 0 Å².